The van der Waals surface area contributed by atoms with Gasteiger partial charge in [-0.05, 0) is 19.4 Å². The first kappa shape index (κ1) is 9.84. The van der Waals surface area contributed by atoms with Crippen molar-refractivity contribution in [1.82, 2.24) is 0 Å². The zero-order valence-corrected chi connectivity index (χ0v) is 9.16. The van der Waals surface area contributed by atoms with Gasteiger partial charge in [0.15, 0.2) is 5.78 Å². The normalized spacial score (nSPS) is 18.3. The average Bonchev–Trinajstić information content (AvgIpc) is 2.27. The van der Waals surface area contributed by atoms with E-state index >= 15 is 0 Å². The molecule has 1 aromatic rings. The number of hydrogen-bond acceptors (Lipinski definition) is 2. The highest BCUT2D eigenvalue weighted by Crippen LogP contribution is 2.25. The summed E-state index contributed by atoms with van der Waals surface area (Å²) in [6.07, 6.45) is 0. The van der Waals surface area contributed by atoms with Crippen LogP contribution < -0.4 is 0 Å². The molecule has 0 spiro atoms. The van der Waals surface area contributed by atoms with Crippen LogP contribution in [0.4, 0.5) is 0 Å². The smallest absolute Gasteiger partial charge is 0.189 e. The number of Topliss-reactive ketones (excluding diaryl/α,β-unsaturated/α-hetero) is 1. The van der Waals surface area contributed by atoms with Gasteiger partial charge < -0.3 is 0 Å². The first-order chi connectivity index (χ1) is 7.16. The van der Waals surface area contributed by atoms with Gasteiger partial charge in [0.1, 0.15) is 0 Å². The molecule has 0 aliphatic heterocycles. The molecule has 1 aromatic carbocycles. The lowest BCUT2D eigenvalue weighted by Crippen LogP contribution is -2.20. The molecule has 15 heavy (non-hydrogen) atoms. The number of carbonyl (C=O) groups excluding carboxylic acids is 1. The van der Waals surface area contributed by atoms with E-state index < -0.39 is 0 Å². The van der Waals surface area contributed by atoms with Crippen LogP contribution in [0.3, 0.4) is 0 Å². The predicted octanol–water partition coefficient (Wildman–Crippen LogP) is 2.64. The number of nitrogens with zero attached hydrogens (tertiary/aromatic N) is 1. The van der Waals surface area contributed by atoms with E-state index in [1.807, 2.05) is 38.1 Å². The van der Waals surface area contributed by atoms with Gasteiger partial charge in [0.2, 0.25) is 0 Å². The highest BCUT2D eigenvalue weighted by molar-refractivity contribution is 6.28. The second kappa shape index (κ2) is 3.46. The molecule has 0 N–H and O–H groups in total. The Bertz CT molecular complexity index is 495. The first-order valence-corrected chi connectivity index (χ1v) is 4.95. The largest absolute Gasteiger partial charge is 0.289 e. The van der Waals surface area contributed by atoms with Gasteiger partial charge in [-0.3, -0.25) is 9.79 Å². The van der Waals surface area contributed by atoms with E-state index in [9.17, 15) is 4.79 Å². The second-order valence-corrected chi connectivity index (χ2v) is 3.70. The van der Waals surface area contributed by atoms with Gasteiger partial charge in [0.05, 0.1) is 5.71 Å². The summed E-state index contributed by atoms with van der Waals surface area (Å²) in [7, 11) is 1.76. The summed E-state index contributed by atoms with van der Waals surface area (Å²) in [6, 6.07) is 7.63. The summed E-state index contributed by atoms with van der Waals surface area (Å²) in [4.78, 5) is 16.2. The van der Waals surface area contributed by atoms with Crippen molar-refractivity contribution in [3.63, 3.8) is 0 Å². The van der Waals surface area contributed by atoms with Crippen LogP contribution in [0.25, 0.3) is 0 Å². The Morgan fingerprint density at radius 3 is 2.20 bits per heavy atom. The highest BCUT2D eigenvalue weighted by atomic mass is 16.1. The summed E-state index contributed by atoms with van der Waals surface area (Å²) in [6.45, 7) is 3.81. The molecule has 2 nitrogen and oxygen atoms in total. The van der Waals surface area contributed by atoms with Gasteiger partial charge >= 0.3 is 0 Å². The standard InChI is InChI=1S/C13H13NO/c1-8-9(2)13(15)11-7-5-4-6-10(11)12(8)14-3/h4-7H,1-3H3. The van der Waals surface area contributed by atoms with E-state index in [2.05, 4.69) is 4.99 Å². The van der Waals surface area contributed by atoms with Crippen molar-refractivity contribution in [2.75, 3.05) is 7.05 Å². The molecule has 1 aliphatic carbocycles. The molecule has 0 bridgehead atoms. The quantitative estimate of drug-likeness (QED) is 0.631. The van der Waals surface area contributed by atoms with Crippen molar-refractivity contribution in [3.8, 4) is 0 Å². The lowest BCUT2D eigenvalue weighted by molar-refractivity contribution is 0.103. The van der Waals surface area contributed by atoms with Crippen molar-refractivity contribution in [2.45, 2.75) is 13.8 Å². The molecule has 76 valence electrons. The summed E-state index contributed by atoms with van der Waals surface area (Å²) in [5.41, 5.74) is 4.44. The number of carbonyl (C=O) groups is 1. The zero-order chi connectivity index (χ0) is 11.0. The fourth-order valence-corrected chi connectivity index (χ4v) is 1.93. The molecular weight excluding hydrogens is 186 g/mol. The maximum atomic E-state index is 12.0. The van der Waals surface area contributed by atoms with Crippen LogP contribution in [-0.4, -0.2) is 18.5 Å². The molecule has 0 heterocycles. The monoisotopic (exact) mass is 199 g/mol. The van der Waals surface area contributed by atoms with Crippen LogP contribution in [0.2, 0.25) is 0 Å². The number of rotatable bonds is 0. The summed E-state index contributed by atoms with van der Waals surface area (Å²) < 4.78 is 0. The number of benzene rings is 1. The van der Waals surface area contributed by atoms with Crippen LogP contribution in [-0.2, 0) is 0 Å². The lowest BCUT2D eigenvalue weighted by atomic mass is 9.85. The third kappa shape index (κ3) is 1.33. The predicted molar refractivity (Wildman–Crippen MR) is 61.6 cm³/mol. The Balaban J connectivity index is 2.76. The summed E-state index contributed by atoms with van der Waals surface area (Å²) in [5.74, 6) is 0.121. The molecule has 0 saturated carbocycles. The fourth-order valence-electron chi connectivity index (χ4n) is 1.93. The first-order valence-electron chi connectivity index (χ1n) is 4.95. The molecule has 1 aliphatic rings. The number of hydrogen-bond donors (Lipinski definition) is 0. The molecule has 0 radical (unpaired) electrons. The third-order valence-electron chi connectivity index (χ3n) is 2.91. The van der Waals surface area contributed by atoms with E-state index in [-0.39, 0.29) is 5.78 Å². The van der Waals surface area contributed by atoms with Gasteiger partial charge in [-0.2, -0.15) is 0 Å². The van der Waals surface area contributed by atoms with Crippen LogP contribution in [0.5, 0.6) is 0 Å². The van der Waals surface area contributed by atoms with Crippen LogP contribution in [0.1, 0.15) is 29.8 Å². The molecule has 0 aromatic heterocycles. The Morgan fingerprint density at radius 1 is 1.00 bits per heavy atom. The molecule has 0 saturated heterocycles. The SMILES string of the molecule is CN=C1C(C)=C(C)C(=O)c2ccccc21. The summed E-state index contributed by atoms with van der Waals surface area (Å²) in [5, 5.41) is 0. The number of aliphatic imine (C=N–C) groups is 1. The minimum atomic E-state index is 0.121. The molecule has 0 atom stereocenters. The topological polar surface area (TPSA) is 29.4 Å². The lowest BCUT2D eigenvalue weighted by Gasteiger charge is -2.19. The maximum Gasteiger partial charge on any atom is 0.189 e. The molecule has 0 unspecified atom stereocenters. The van der Waals surface area contributed by atoms with E-state index in [0.717, 1.165) is 28.0 Å². The van der Waals surface area contributed by atoms with E-state index in [1.165, 1.54) is 0 Å². The van der Waals surface area contributed by atoms with Crippen molar-refractivity contribution in [1.29, 1.82) is 0 Å². The fraction of sp³-hybridized carbons (Fsp3) is 0.231. The second-order valence-electron chi connectivity index (χ2n) is 3.70. The minimum absolute atomic E-state index is 0.121. The van der Waals surface area contributed by atoms with Gasteiger partial charge in [-0.25, -0.2) is 0 Å². The maximum absolute atomic E-state index is 12.0. The van der Waals surface area contributed by atoms with Crippen molar-refractivity contribution in [2.24, 2.45) is 4.99 Å². The minimum Gasteiger partial charge on any atom is -0.289 e. The van der Waals surface area contributed by atoms with Crippen molar-refractivity contribution >= 4 is 11.5 Å². The molecule has 2 heteroatoms. The molecular formula is C13H13NO. The Kier molecular flexibility index (Phi) is 2.27. The number of fused-ring (bicyclic) bond motifs is 1. The number of allylic oxidation sites excluding steroid dienone is 2. The Hall–Kier alpha value is -1.70. The van der Waals surface area contributed by atoms with Crippen molar-refractivity contribution < 1.29 is 4.79 Å². The van der Waals surface area contributed by atoms with Gasteiger partial charge in [0.25, 0.3) is 0 Å². The van der Waals surface area contributed by atoms with Crippen LogP contribution >= 0.6 is 0 Å². The average molecular weight is 199 g/mol. The van der Waals surface area contributed by atoms with E-state index in [0.29, 0.717) is 0 Å². The van der Waals surface area contributed by atoms with E-state index in [1.54, 1.807) is 7.05 Å². The Labute approximate surface area is 89.3 Å². The third-order valence-corrected chi connectivity index (χ3v) is 2.91. The zero-order valence-electron chi connectivity index (χ0n) is 9.16. The van der Waals surface area contributed by atoms with Gasteiger partial charge in [-0.15, -0.1) is 0 Å². The molecule has 0 fully saturated rings. The highest BCUT2D eigenvalue weighted by Gasteiger charge is 2.24. The van der Waals surface area contributed by atoms with E-state index in [4.69, 9.17) is 0 Å². The van der Waals surface area contributed by atoms with Gasteiger partial charge in [-0.1, -0.05) is 24.3 Å². The van der Waals surface area contributed by atoms with Crippen LogP contribution in [0, 0.1) is 0 Å². The van der Waals surface area contributed by atoms with Crippen molar-refractivity contribution in [3.05, 3.63) is 46.5 Å². The molecule has 0 amide bonds. The molecule has 2 rings (SSSR count). The Morgan fingerprint density at radius 2 is 1.60 bits per heavy atom. The van der Waals surface area contributed by atoms with Crippen LogP contribution in [0.15, 0.2) is 40.4 Å². The number of ketones is 1. The van der Waals surface area contributed by atoms with Gasteiger partial charge in [0, 0.05) is 23.7 Å². The summed E-state index contributed by atoms with van der Waals surface area (Å²) >= 11 is 0.